The predicted octanol–water partition coefficient (Wildman–Crippen LogP) is 3.44. The Kier molecular flexibility index (Phi) is 7.51. The summed E-state index contributed by atoms with van der Waals surface area (Å²) in [6, 6.07) is 5.16. The van der Waals surface area contributed by atoms with Crippen LogP contribution in [-0.4, -0.2) is 34.9 Å². The second-order valence-corrected chi connectivity index (χ2v) is 6.89. The largest absolute Gasteiger partial charge is 0.494 e. The molecule has 1 aromatic rings. The van der Waals surface area contributed by atoms with Crippen molar-refractivity contribution in [3.8, 4) is 11.5 Å². The molecule has 0 aliphatic rings. The normalized spacial score (nSPS) is 11.3. The van der Waals surface area contributed by atoms with E-state index in [2.05, 4.69) is 18.7 Å². The van der Waals surface area contributed by atoms with Crippen LogP contribution in [0.15, 0.2) is 18.2 Å². The summed E-state index contributed by atoms with van der Waals surface area (Å²) in [5, 5.41) is 0. The van der Waals surface area contributed by atoms with Crippen LogP contribution >= 0.6 is 0 Å². The van der Waals surface area contributed by atoms with E-state index in [4.69, 9.17) is 8.92 Å². The van der Waals surface area contributed by atoms with Crippen LogP contribution in [0.4, 0.5) is 5.69 Å². The van der Waals surface area contributed by atoms with Crippen molar-refractivity contribution >= 4 is 15.8 Å². The lowest BCUT2D eigenvalue weighted by molar-refractivity contribution is 0.411. The van der Waals surface area contributed by atoms with Crippen LogP contribution in [-0.2, 0) is 10.1 Å². The monoisotopic (exact) mass is 329 g/mol. The van der Waals surface area contributed by atoms with Gasteiger partial charge in [0.15, 0.2) is 0 Å². The average Bonchev–Trinajstić information content (AvgIpc) is 2.46. The van der Waals surface area contributed by atoms with E-state index in [1.165, 1.54) is 0 Å². The molecule has 0 bridgehead atoms. The number of hydrogen-bond acceptors (Lipinski definition) is 5. The first-order chi connectivity index (χ1) is 10.4. The fraction of sp³-hybridized carbons (Fsp3) is 0.625. The topological polar surface area (TPSA) is 55.8 Å². The maximum absolute atomic E-state index is 11.2. The Bertz CT molecular complexity index is 549. The zero-order valence-corrected chi connectivity index (χ0v) is 14.8. The lowest BCUT2D eigenvalue weighted by Gasteiger charge is -2.26. The van der Waals surface area contributed by atoms with Gasteiger partial charge in [-0.05, 0) is 25.0 Å². The number of methoxy groups -OCH3 is 1. The van der Waals surface area contributed by atoms with E-state index in [0.29, 0.717) is 5.75 Å². The number of benzene rings is 1. The highest BCUT2D eigenvalue weighted by Crippen LogP contribution is 2.33. The Morgan fingerprint density at radius 3 is 2.14 bits per heavy atom. The molecule has 1 rings (SSSR count). The van der Waals surface area contributed by atoms with Crippen molar-refractivity contribution in [2.45, 2.75) is 39.5 Å². The quantitative estimate of drug-likeness (QED) is 0.616. The van der Waals surface area contributed by atoms with Crippen LogP contribution in [0.3, 0.4) is 0 Å². The molecule has 0 aliphatic carbocycles. The Balaban J connectivity index is 3.03. The smallest absolute Gasteiger partial charge is 0.306 e. The first kappa shape index (κ1) is 18.6. The van der Waals surface area contributed by atoms with Gasteiger partial charge in [-0.25, -0.2) is 0 Å². The third kappa shape index (κ3) is 6.13. The molecule has 6 heteroatoms. The van der Waals surface area contributed by atoms with E-state index in [9.17, 15) is 8.42 Å². The van der Waals surface area contributed by atoms with Crippen LogP contribution in [0.5, 0.6) is 11.5 Å². The van der Waals surface area contributed by atoms with Gasteiger partial charge in [0.2, 0.25) is 0 Å². The van der Waals surface area contributed by atoms with Gasteiger partial charge in [-0.3, -0.25) is 0 Å². The predicted molar refractivity (Wildman–Crippen MR) is 90.5 cm³/mol. The van der Waals surface area contributed by atoms with Crippen LogP contribution in [0, 0.1) is 0 Å². The SMILES string of the molecule is CCCCN(CCCC)c1ccc(OS(C)(=O)=O)cc1OC. The van der Waals surface area contributed by atoms with Gasteiger partial charge in [-0.15, -0.1) is 0 Å². The van der Waals surface area contributed by atoms with Gasteiger partial charge < -0.3 is 13.8 Å². The number of rotatable bonds is 10. The fourth-order valence-corrected chi connectivity index (χ4v) is 2.65. The third-order valence-electron chi connectivity index (χ3n) is 3.30. The van der Waals surface area contributed by atoms with Gasteiger partial charge in [0.25, 0.3) is 0 Å². The van der Waals surface area contributed by atoms with Crippen molar-refractivity contribution in [3.63, 3.8) is 0 Å². The zero-order chi connectivity index (χ0) is 16.6. The minimum atomic E-state index is -3.53. The number of anilines is 1. The highest BCUT2D eigenvalue weighted by molar-refractivity contribution is 7.86. The van der Waals surface area contributed by atoms with Gasteiger partial charge in [0, 0.05) is 19.2 Å². The first-order valence-corrected chi connectivity index (χ1v) is 9.55. The van der Waals surface area contributed by atoms with E-state index < -0.39 is 10.1 Å². The highest BCUT2D eigenvalue weighted by atomic mass is 32.2. The molecule has 0 N–H and O–H groups in total. The molecular formula is C16H27NO4S. The minimum absolute atomic E-state index is 0.272. The van der Waals surface area contributed by atoms with Gasteiger partial charge in [0.1, 0.15) is 11.5 Å². The Morgan fingerprint density at radius 1 is 1.09 bits per heavy atom. The summed E-state index contributed by atoms with van der Waals surface area (Å²) in [5.74, 6) is 0.905. The van der Waals surface area contributed by atoms with Crippen molar-refractivity contribution in [2.24, 2.45) is 0 Å². The van der Waals surface area contributed by atoms with Crippen LogP contribution in [0.1, 0.15) is 39.5 Å². The minimum Gasteiger partial charge on any atom is -0.494 e. The Hall–Kier alpha value is -1.43. The van der Waals surface area contributed by atoms with Crippen LogP contribution < -0.4 is 13.8 Å². The molecule has 0 saturated carbocycles. The molecule has 0 fully saturated rings. The summed E-state index contributed by atoms with van der Waals surface area (Å²) in [7, 11) is -1.95. The van der Waals surface area contributed by atoms with Crippen molar-refractivity contribution < 1.29 is 17.3 Å². The maximum Gasteiger partial charge on any atom is 0.306 e. The number of nitrogens with zero attached hydrogens (tertiary/aromatic N) is 1. The van der Waals surface area contributed by atoms with E-state index >= 15 is 0 Å². The van der Waals surface area contributed by atoms with Gasteiger partial charge in [0.05, 0.1) is 19.1 Å². The lowest BCUT2D eigenvalue weighted by atomic mass is 10.2. The molecular weight excluding hydrogens is 302 g/mol. The highest BCUT2D eigenvalue weighted by Gasteiger charge is 2.14. The van der Waals surface area contributed by atoms with Crippen molar-refractivity contribution in [3.05, 3.63) is 18.2 Å². The molecule has 0 atom stereocenters. The van der Waals surface area contributed by atoms with Gasteiger partial charge in [-0.1, -0.05) is 26.7 Å². The van der Waals surface area contributed by atoms with Crippen molar-refractivity contribution in [1.82, 2.24) is 0 Å². The number of ether oxygens (including phenoxy) is 1. The van der Waals surface area contributed by atoms with Crippen molar-refractivity contribution in [1.29, 1.82) is 0 Å². The molecule has 5 nitrogen and oxygen atoms in total. The molecule has 0 heterocycles. The van der Waals surface area contributed by atoms with Crippen molar-refractivity contribution in [2.75, 3.05) is 31.4 Å². The maximum atomic E-state index is 11.2. The Morgan fingerprint density at radius 2 is 1.68 bits per heavy atom. The van der Waals surface area contributed by atoms with E-state index in [0.717, 1.165) is 50.7 Å². The second-order valence-electron chi connectivity index (χ2n) is 5.32. The second kappa shape index (κ2) is 8.88. The number of hydrogen-bond donors (Lipinski definition) is 0. The molecule has 0 unspecified atom stereocenters. The van der Waals surface area contributed by atoms with Gasteiger partial charge in [-0.2, -0.15) is 8.42 Å². The fourth-order valence-electron chi connectivity index (χ4n) is 2.20. The standard InChI is InChI=1S/C16H27NO4S/c1-5-7-11-17(12-8-6-2)15-10-9-14(13-16(15)20-3)21-22(4,18)19/h9-10,13H,5-8,11-12H2,1-4H3. The molecule has 0 saturated heterocycles. The summed E-state index contributed by atoms with van der Waals surface area (Å²) in [4.78, 5) is 2.29. The van der Waals surface area contributed by atoms with Crippen LogP contribution in [0.2, 0.25) is 0 Å². The molecule has 0 amide bonds. The van der Waals surface area contributed by atoms with E-state index in [1.54, 1.807) is 19.2 Å². The lowest BCUT2D eigenvalue weighted by Crippen LogP contribution is -2.26. The molecule has 0 aliphatic heterocycles. The summed E-state index contributed by atoms with van der Waals surface area (Å²) in [6.07, 6.45) is 5.49. The average molecular weight is 329 g/mol. The molecule has 22 heavy (non-hydrogen) atoms. The summed E-state index contributed by atoms with van der Waals surface area (Å²) in [5.41, 5.74) is 0.977. The molecule has 0 radical (unpaired) electrons. The molecule has 126 valence electrons. The Labute approximate surface area is 134 Å². The summed E-state index contributed by atoms with van der Waals surface area (Å²) < 4.78 is 32.8. The summed E-state index contributed by atoms with van der Waals surface area (Å²) in [6.45, 7) is 6.24. The van der Waals surface area contributed by atoms with E-state index in [1.807, 2.05) is 6.07 Å². The summed E-state index contributed by atoms with van der Waals surface area (Å²) >= 11 is 0. The van der Waals surface area contributed by atoms with Crippen LogP contribution in [0.25, 0.3) is 0 Å². The van der Waals surface area contributed by atoms with Gasteiger partial charge >= 0.3 is 10.1 Å². The first-order valence-electron chi connectivity index (χ1n) is 7.73. The third-order valence-corrected chi connectivity index (χ3v) is 3.80. The molecule has 1 aromatic carbocycles. The van der Waals surface area contributed by atoms with E-state index in [-0.39, 0.29) is 5.75 Å². The number of unbranched alkanes of at least 4 members (excludes halogenated alkanes) is 2. The molecule has 0 aromatic heterocycles. The zero-order valence-electron chi connectivity index (χ0n) is 14.0. The molecule has 0 spiro atoms.